The molecule has 2 saturated heterocycles. The number of hydrogen-bond acceptors (Lipinski definition) is 8. The molecule has 2 fully saturated rings. The number of rotatable bonds is 5. The Bertz CT molecular complexity index is 946. The third kappa shape index (κ3) is 4.37. The second-order valence-corrected chi connectivity index (χ2v) is 10.6. The maximum absolute atomic E-state index is 12.6. The minimum atomic E-state index is -2.96. The van der Waals surface area contributed by atoms with Crippen molar-refractivity contribution >= 4 is 27.6 Å². The number of imide groups is 1. The van der Waals surface area contributed by atoms with E-state index in [0.717, 1.165) is 6.42 Å². The zero-order chi connectivity index (χ0) is 22.2. The first-order chi connectivity index (χ1) is 14.8. The van der Waals surface area contributed by atoms with Gasteiger partial charge in [-0.3, -0.25) is 29.1 Å². The number of sulfone groups is 1. The minimum Gasteiger partial charge on any atom is -0.468 e. The third-order valence-electron chi connectivity index (χ3n) is 6.54. The first kappa shape index (κ1) is 21.9. The van der Waals surface area contributed by atoms with Crippen LogP contribution in [0.15, 0.2) is 24.3 Å². The van der Waals surface area contributed by atoms with E-state index in [0.29, 0.717) is 43.7 Å². The molecule has 3 heterocycles. The lowest BCUT2D eigenvalue weighted by Gasteiger charge is -2.43. The van der Waals surface area contributed by atoms with Crippen LogP contribution in [0.3, 0.4) is 0 Å². The van der Waals surface area contributed by atoms with E-state index in [9.17, 15) is 22.8 Å². The predicted molar refractivity (Wildman–Crippen MR) is 112 cm³/mol. The first-order valence-corrected chi connectivity index (χ1v) is 12.3. The van der Waals surface area contributed by atoms with E-state index < -0.39 is 15.9 Å². The van der Waals surface area contributed by atoms with Gasteiger partial charge in [0.15, 0.2) is 9.84 Å². The highest BCUT2D eigenvalue weighted by atomic mass is 32.2. The van der Waals surface area contributed by atoms with Crippen molar-refractivity contribution in [3.8, 4) is 0 Å². The minimum absolute atomic E-state index is 0.107. The summed E-state index contributed by atoms with van der Waals surface area (Å²) in [6.07, 6.45) is 1.32. The highest BCUT2D eigenvalue weighted by molar-refractivity contribution is 7.91. The molecule has 168 valence electrons. The van der Waals surface area contributed by atoms with Gasteiger partial charge in [-0.25, -0.2) is 8.42 Å². The van der Waals surface area contributed by atoms with Crippen LogP contribution in [0.2, 0.25) is 0 Å². The van der Waals surface area contributed by atoms with Crippen LogP contribution in [0, 0.1) is 0 Å². The Labute approximate surface area is 181 Å². The molecule has 2 amide bonds. The molecule has 10 heteroatoms. The Balaban J connectivity index is 1.40. The molecule has 0 aliphatic carbocycles. The van der Waals surface area contributed by atoms with E-state index in [1.165, 1.54) is 12.0 Å². The summed E-state index contributed by atoms with van der Waals surface area (Å²) in [5, 5.41) is 0. The van der Waals surface area contributed by atoms with Crippen molar-refractivity contribution in [2.45, 2.75) is 24.9 Å². The first-order valence-electron chi connectivity index (χ1n) is 10.5. The summed E-state index contributed by atoms with van der Waals surface area (Å²) in [6, 6.07) is 6.39. The van der Waals surface area contributed by atoms with Gasteiger partial charge >= 0.3 is 5.97 Å². The molecule has 3 aliphatic heterocycles. The van der Waals surface area contributed by atoms with Gasteiger partial charge in [0, 0.05) is 38.8 Å². The second-order valence-electron chi connectivity index (χ2n) is 8.25. The number of carbonyl (C=O) groups excluding carboxylic acids is 3. The Morgan fingerprint density at radius 3 is 2.23 bits per heavy atom. The van der Waals surface area contributed by atoms with Crippen LogP contribution in [-0.4, -0.2) is 104 Å². The highest BCUT2D eigenvalue weighted by Crippen LogP contribution is 2.26. The Morgan fingerprint density at radius 1 is 1.03 bits per heavy atom. The normalized spacial score (nSPS) is 26.7. The average Bonchev–Trinajstić information content (AvgIpc) is 3.02. The summed E-state index contributed by atoms with van der Waals surface area (Å²) in [6.45, 7) is 2.15. The van der Waals surface area contributed by atoms with Crippen molar-refractivity contribution in [2.75, 3.05) is 51.3 Å². The second kappa shape index (κ2) is 8.68. The number of ether oxygens (including phenoxy) is 1. The molecule has 31 heavy (non-hydrogen) atoms. The number of nitrogens with zero attached hydrogens (tertiary/aromatic N) is 3. The van der Waals surface area contributed by atoms with Crippen LogP contribution in [0.25, 0.3) is 0 Å². The largest absolute Gasteiger partial charge is 0.468 e. The maximum atomic E-state index is 12.6. The molecule has 0 bridgehead atoms. The summed E-state index contributed by atoms with van der Waals surface area (Å²) in [7, 11) is -1.61. The van der Waals surface area contributed by atoms with Gasteiger partial charge in [-0.1, -0.05) is 12.1 Å². The van der Waals surface area contributed by atoms with Crippen molar-refractivity contribution < 1.29 is 27.5 Å². The maximum Gasteiger partial charge on any atom is 0.323 e. The summed E-state index contributed by atoms with van der Waals surface area (Å²) in [4.78, 5) is 43.0. The van der Waals surface area contributed by atoms with Crippen molar-refractivity contribution in [1.82, 2.24) is 14.7 Å². The van der Waals surface area contributed by atoms with Crippen LogP contribution in [0.4, 0.5) is 0 Å². The Kier molecular flexibility index (Phi) is 6.14. The summed E-state index contributed by atoms with van der Waals surface area (Å²) in [5.74, 6) is -0.665. The van der Waals surface area contributed by atoms with Gasteiger partial charge in [-0.15, -0.1) is 0 Å². The number of methoxy groups -OCH3 is 1. The molecule has 1 aromatic carbocycles. The van der Waals surface area contributed by atoms with E-state index in [1.54, 1.807) is 24.3 Å². The smallest absolute Gasteiger partial charge is 0.323 e. The number of benzene rings is 1. The summed E-state index contributed by atoms with van der Waals surface area (Å²) < 4.78 is 28.5. The van der Waals surface area contributed by atoms with Crippen molar-refractivity contribution in [3.05, 3.63) is 35.4 Å². The molecule has 3 aliphatic rings. The number of amides is 2. The lowest BCUT2D eigenvalue weighted by molar-refractivity contribution is -0.149. The SMILES string of the molecule is COC(=O)C1CC(N2CCS(=O)(=O)CC2)CCN1CCN1C(=O)c2ccccc2C1=O. The molecule has 0 saturated carbocycles. The average molecular weight is 450 g/mol. The fourth-order valence-electron chi connectivity index (χ4n) is 4.74. The summed E-state index contributed by atoms with van der Waals surface area (Å²) >= 11 is 0. The molecule has 2 atom stereocenters. The molecule has 1 aromatic rings. The standard InChI is InChI=1S/C21H27N3O6S/c1-30-21(27)18-14-15(22-10-12-31(28,29)13-11-22)6-7-23(18)8-9-24-19(25)16-4-2-3-5-17(16)20(24)26/h2-5,15,18H,6-14H2,1H3. The van der Waals surface area contributed by atoms with Gasteiger partial charge in [0.2, 0.25) is 0 Å². The molecular weight excluding hydrogens is 422 g/mol. The van der Waals surface area contributed by atoms with E-state index in [4.69, 9.17) is 4.74 Å². The zero-order valence-electron chi connectivity index (χ0n) is 17.5. The van der Waals surface area contributed by atoms with Gasteiger partial charge in [-0.05, 0) is 25.0 Å². The molecule has 0 N–H and O–H groups in total. The number of carbonyl (C=O) groups is 3. The third-order valence-corrected chi connectivity index (χ3v) is 8.15. The highest BCUT2D eigenvalue weighted by Gasteiger charge is 2.40. The Hall–Kier alpha value is -2.30. The monoisotopic (exact) mass is 449 g/mol. The fraction of sp³-hybridized carbons (Fsp3) is 0.571. The predicted octanol–water partition coefficient (Wildman–Crippen LogP) is 0.0190. The van der Waals surface area contributed by atoms with Crippen LogP contribution in [-0.2, 0) is 19.4 Å². The van der Waals surface area contributed by atoms with Gasteiger partial charge in [-0.2, -0.15) is 0 Å². The number of fused-ring (bicyclic) bond motifs is 1. The molecule has 4 rings (SSSR count). The molecule has 0 aromatic heterocycles. The van der Waals surface area contributed by atoms with Gasteiger partial charge in [0.1, 0.15) is 6.04 Å². The molecular formula is C21H27N3O6S. The number of likely N-dealkylation sites (tertiary alicyclic amines) is 1. The molecule has 0 spiro atoms. The van der Waals surface area contributed by atoms with Crippen molar-refractivity contribution in [3.63, 3.8) is 0 Å². The van der Waals surface area contributed by atoms with E-state index in [-0.39, 0.29) is 41.9 Å². The van der Waals surface area contributed by atoms with E-state index >= 15 is 0 Å². The van der Waals surface area contributed by atoms with Crippen LogP contribution in [0.1, 0.15) is 33.6 Å². The topological polar surface area (TPSA) is 104 Å². The fourth-order valence-corrected chi connectivity index (χ4v) is 5.97. The van der Waals surface area contributed by atoms with Gasteiger partial charge in [0.25, 0.3) is 11.8 Å². The number of esters is 1. The van der Waals surface area contributed by atoms with E-state index in [1.807, 2.05) is 4.90 Å². The number of hydrogen-bond donors (Lipinski definition) is 0. The lowest BCUT2D eigenvalue weighted by atomic mass is 9.95. The number of piperidine rings is 1. The van der Waals surface area contributed by atoms with Gasteiger partial charge in [0.05, 0.1) is 29.7 Å². The van der Waals surface area contributed by atoms with Crippen LogP contribution < -0.4 is 0 Å². The Morgan fingerprint density at radius 2 is 1.65 bits per heavy atom. The van der Waals surface area contributed by atoms with E-state index in [2.05, 4.69) is 4.90 Å². The lowest BCUT2D eigenvalue weighted by Crippen LogP contribution is -2.56. The van der Waals surface area contributed by atoms with Crippen molar-refractivity contribution in [1.29, 1.82) is 0 Å². The molecule has 2 unspecified atom stereocenters. The zero-order valence-corrected chi connectivity index (χ0v) is 18.3. The molecule has 9 nitrogen and oxygen atoms in total. The van der Waals surface area contributed by atoms with Gasteiger partial charge < -0.3 is 4.74 Å². The van der Waals surface area contributed by atoms with Crippen LogP contribution >= 0.6 is 0 Å². The molecule has 0 radical (unpaired) electrons. The summed E-state index contributed by atoms with van der Waals surface area (Å²) in [5.41, 5.74) is 0.826. The quantitative estimate of drug-likeness (QED) is 0.458. The van der Waals surface area contributed by atoms with Crippen LogP contribution in [0.5, 0.6) is 0 Å². The van der Waals surface area contributed by atoms with Crippen molar-refractivity contribution in [2.24, 2.45) is 0 Å².